The third kappa shape index (κ3) is 9.79. The zero-order valence-corrected chi connectivity index (χ0v) is 26.7. The lowest BCUT2D eigenvalue weighted by atomic mass is 10.0. The van der Waals surface area contributed by atoms with Gasteiger partial charge in [0.05, 0.1) is 6.04 Å². The van der Waals surface area contributed by atoms with E-state index in [0.29, 0.717) is 18.4 Å². The van der Waals surface area contributed by atoms with Crippen molar-refractivity contribution in [2.45, 2.75) is 69.2 Å². The highest BCUT2D eigenvalue weighted by Gasteiger charge is 2.39. The maximum atomic E-state index is 14.0. The lowest BCUT2D eigenvalue weighted by Crippen LogP contribution is -2.58. The smallest absolute Gasteiger partial charge is 0.246 e. The Labute approximate surface area is 278 Å². The molecular formula is C35H42N6O7. The molecule has 0 aromatic heterocycles. The van der Waals surface area contributed by atoms with Crippen molar-refractivity contribution in [3.05, 3.63) is 95.6 Å². The average molecular weight is 659 g/mol. The first-order valence-corrected chi connectivity index (χ1v) is 15.8. The van der Waals surface area contributed by atoms with Gasteiger partial charge in [0.15, 0.2) is 0 Å². The molecule has 3 aromatic carbocycles. The molecule has 0 spiro atoms. The Hall–Kier alpha value is -5.43. The van der Waals surface area contributed by atoms with Gasteiger partial charge >= 0.3 is 0 Å². The lowest BCUT2D eigenvalue weighted by molar-refractivity contribution is -0.142. The summed E-state index contributed by atoms with van der Waals surface area (Å²) in [4.78, 5) is 67.2. The Kier molecular flexibility index (Phi) is 12.1. The number of carbonyl (C=O) groups is 5. The highest BCUT2D eigenvalue weighted by Crippen LogP contribution is 2.21. The number of phenolic OH excluding ortho intramolecular Hbond substituents is 2. The van der Waals surface area contributed by atoms with Gasteiger partial charge in [-0.1, -0.05) is 54.6 Å². The van der Waals surface area contributed by atoms with Crippen LogP contribution in [0.1, 0.15) is 36.5 Å². The summed E-state index contributed by atoms with van der Waals surface area (Å²) < 4.78 is 0. The first-order chi connectivity index (χ1) is 22.9. The number of hydrogen-bond acceptors (Lipinski definition) is 8. The molecular weight excluding hydrogens is 616 g/mol. The molecule has 9 N–H and O–H groups in total. The van der Waals surface area contributed by atoms with E-state index in [0.717, 1.165) is 11.1 Å². The number of amides is 5. The first-order valence-electron chi connectivity index (χ1n) is 15.8. The standard InChI is InChI=1S/C35H42N6O7/c1-21(38-33(46)27(36)18-23-9-13-25(42)14-10-23)32(45)40-29(20-22-6-3-2-4-7-22)35(48)41-17-5-8-30(41)34(47)39-28(31(37)44)19-24-11-15-26(43)16-12-24/h2-4,6-7,9-16,21,27-30,42-43H,5,8,17-20,36H2,1H3,(H2,37,44)(H,38,46)(H,39,47)(H,40,45)/t21-,27+,28+,29+,30+/m1/s1. The minimum atomic E-state index is -1.07. The second-order valence-electron chi connectivity index (χ2n) is 12.0. The molecule has 3 aromatic rings. The summed E-state index contributed by atoms with van der Waals surface area (Å²) in [5.74, 6) is -2.82. The summed E-state index contributed by atoms with van der Waals surface area (Å²) in [7, 11) is 0. The van der Waals surface area contributed by atoms with Gasteiger partial charge in [-0.25, -0.2) is 0 Å². The molecule has 0 unspecified atom stereocenters. The zero-order chi connectivity index (χ0) is 34.8. The van der Waals surface area contributed by atoms with Crippen LogP contribution in [0.25, 0.3) is 0 Å². The Balaban J connectivity index is 1.43. The number of likely N-dealkylation sites (tertiary alicyclic amines) is 1. The van der Waals surface area contributed by atoms with Crippen LogP contribution in [0.5, 0.6) is 11.5 Å². The van der Waals surface area contributed by atoms with Crippen molar-refractivity contribution >= 4 is 29.5 Å². The SMILES string of the molecule is C[C@@H](NC(=O)[C@@H](N)Cc1ccc(O)cc1)C(=O)N[C@@H](Cc1ccccc1)C(=O)N1CCC[C@H]1C(=O)N[C@@H](Cc1ccc(O)cc1)C(N)=O. The maximum absolute atomic E-state index is 14.0. The number of rotatable bonds is 14. The van der Waals surface area contributed by atoms with Crippen LogP contribution in [-0.2, 0) is 43.2 Å². The number of benzene rings is 3. The number of carbonyl (C=O) groups excluding carboxylic acids is 5. The zero-order valence-electron chi connectivity index (χ0n) is 26.7. The van der Waals surface area contributed by atoms with Crippen LogP contribution in [-0.4, -0.2) is 81.4 Å². The van der Waals surface area contributed by atoms with Crippen molar-refractivity contribution in [1.29, 1.82) is 0 Å². The predicted molar refractivity (Wildman–Crippen MR) is 177 cm³/mol. The van der Waals surface area contributed by atoms with Crippen molar-refractivity contribution < 1.29 is 34.2 Å². The molecule has 0 radical (unpaired) electrons. The molecule has 48 heavy (non-hydrogen) atoms. The van der Waals surface area contributed by atoms with Gasteiger partial charge in [-0.15, -0.1) is 0 Å². The van der Waals surface area contributed by atoms with Gasteiger partial charge in [0.1, 0.15) is 35.7 Å². The van der Waals surface area contributed by atoms with Gasteiger partial charge in [-0.2, -0.15) is 0 Å². The third-order valence-electron chi connectivity index (χ3n) is 8.25. The minimum Gasteiger partial charge on any atom is -0.508 e. The Bertz CT molecular complexity index is 1580. The summed E-state index contributed by atoms with van der Waals surface area (Å²) in [6, 6.07) is 16.5. The molecule has 1 heterocycles. The van der Waals surface area contributed by atoms with Crippen molar-refractivity contribution in [3.63, 3.8) is 0 Å². The summed E-state index contributed by atoms with van der Waals surface area (Å²) >= 11 is 0. The van der Waals surface area contributed by atoms with Crippen LogP contribution in [0.3, 0.4) is 0 Å². The van der Waals surface area contributed by atoms with E-state index < -0.39 is 59.7 Å². The third-order valence-corrected chi connectivity index (χ3v) is 8.25. The van der Waals surface area contributed by atoms with Crippen LogP contribution in [0.15, 0.2) is 78.9 Å². The predicted octanol–water partition coefficient (Wildman–Crippen LogP) is 0.404. The number of phenols is 2. The first kappa shape index (κ1) is 35.4. The van der Waals surface area contributed by atoms with Gasteiger partial charge in [0, 0.05) is 19.4 Å². The van der Waals surface area contributed by atoms with Crippen LogP contribution in [0.2, 0.25) is 0 Å². The molecule has 1 saturated heterocycles. The van der Waals surface area contributed by atoms with Crippen LogP contribution >= 0.6 is 0 Å². The summed E-state index contributed by atoms with van der Waals surface area (Å²) in [5.41, 5.74) is 13.8. The number of nitrogens with zero attached hydrogens (tertiary/aromatic N) is 1. The fourth-order valence-electron chi connectivity index (χ4n) is 5.57. The van der Waals surface area contributed by atoms with Crippen LogP contribution < -0.4 is 27.4 Å². The molecule has 1 fully saturated rings. The maximum Gasteiger partial charge on any atom is 0.246 e. The van der Waals surface area contributed by atoms with Crippen LogP contribution in [0, 0.1) is 0 Å². The molecule has 13 nitrogen and oxygen atoms in total. The summed E-state index contributed by atoms with van der Waals surface area (Å²) in [5, 5.41) is 27.1. The Morgan fingerprint density at radius 3 is 1.88 bits per heavy atom. The molecule has 1 aliphatic heterocycles. The van der Waals surface area contributed by atoms with Crippen molar-refractivity contribution in [2.24, 2.45) is 11.5 Å². The fraction of sp³-hybridized carbons (Fsp3) is 0.343. The number of hydrogen-bond donors (Lipinski definition) is 7. The molecule has 0 aliphatic carbocycles. The largest absolute Gasteiger partial charge is 0.508 e. The normalized spacial score (nSPS) is 16.6. The van der Waals surface area contributed by atoms with E-state index in [1.54, 1.807) is 36.4 Å². The van der Waals surface area contributed by atoms with Crippen molar-refractivity contribution in [3.8, 4) is 11.5 Å². The molecule has 0 saturated carbocycles. The topological polar surface area (TPSA) is 217 Å². The van der Waals surface area contributed by atoms with E-state index in [1.807, 2.05) is 18.2 Å². The summed E-state index contributed by atoms with van der Waals surface area (Å²) in [6.07, 6.45) is 1.28. The molecule has 1 aliphatic rings. The summed E-state index contributed by atoms with van der Waals surface area (Å²) in [6.45, 7) is 1.74. The second kappa shape index (κ2) is 16.4. The van der Waals surface area contributed by atoms with Gasteiger partial charge in [0.2, 0.25) is 29.5 Å². The van der Waals surface area contributed by atoms with E-state index >= 15 is 0 Å². The highest BCUT2D eigenvalue weighted by atomic mass is 16.3. The van der Waals surface area contributed by atoms with Crippen LogP contribution in [0.4, 0.5) is 0 Å². The average Bonchev–Trinajstić information content (AvgIpc) is 3.56. The van der Waals surface area contributed by atoms with Gasteiger partial charge < -0.3 is 42.5 Å². The molecule has 5 atom stereocenters. The van der Waals surface area contributed by atoms with E-state index in [2.05, 4.69) is 16.0 Å². The molecule has 13 heteroatoms. The number of nitrogens with one attached hydrogen (secondary N) is 3. The van der Waals surface area contributed by atoms with Gasteiger partial charge in [-0.05, 0) is 67.1 Å². The lowest BCUT2D eigenvalue weighted by Gasteiger charge is -2.30. The quantitative estimate of drug-likeness (QED) is 0.128. The number of aromatic hydroxyl groups is 2. The Morgan fingerprint density at radius 2 is 1.29 bits per heavy atom. The minimum absolute atomic E-state index is 0.0571. The molecule has 5 amide bonds. The monoisotopic (exact) mass is 658 g/mol. The highest BCUT2D eigenvalue weighted by molar-refractivity contribution is 5.96. The van der Waals surface area contributed by atoms with E-state index in [4.69, 9.17) is 11.5 Å². The number of nitrogens with two attached hydrogens (primary N) is 2. The molecule has 0 bridgehead atoms. The van der Waals surface area contributed by atoms with E-state index in [9.17, 15) is 34.2 Å². The second-order valence-corrected chi connectivity index (χ2v) is 12.0. The van der Waals surface area contributed by atoms with Crippen molar-refractivity contribution in [1.82, 2.24) is 20.9 Å². The number of primary amides is 1. The fourth-order valence-corrected chi connectivity index (χ4v) is 5.57. The van der Waals surface area contributed by atoms with E-state index in [-0.39, 0.29) is 37.3 Å². The van der Waals surface area contributed by atoms with Crippen molar-refractivity contribution in [2.75, 3.05) is 6.54 Å². The molecule has 254 valence electrons. The van der Waals surface area contributed by atoms with E-state index in [1.165, 1.54) is 36.1 Å². The Morgan fingerprint density at radius 1 is 0.750 bits per heavy atom. The molecule has 4 rings (SSSR count). The van der Waals surface area contributed by atoms with Gasteiger partial charge in [-0.3, -0.25) is 24.0 Å². The van der Waals surface area contributed by atoms with Gasteiger partial charge in [0.25, 0.3) is 0 Å².